The van der Waals surface area contributed by atoms with Gasteiger partial charge in [-0.2, -0.15) is 0 Å². The molecule has 22 heavy (non-hydrogen) atoms. The van der Waals surface area contributed by atoms with Gasteiger partial charge in [-0.25, -0.2) is 4.99 Å². The number of hydrogen-bond donors (Lipinski definition) is 2. The zero-order valence-corrected chi connectivity index (χ0v) is 14.2. The van der Waals surface area contributed by atoms with Gasteiger partial charge >= 0.3 is 0 Å². The molecule has 0 bridgehead atoms. The lowest BCUT2D eigenvalue weighted by atomic mass is 10.0. The molecule has 3 N–H and O–H groups in total. The van der Waals surface area contributed by atoms with E-state index in [2.05, 4.69) is 60.2 Å². The Labute approximate surface area is 134 Å². The molecule has 1 aromatic rings. The third-order valence-corrected chi connectivity index (χ3v) is 4.29. The van der Waals surface area contributed by atoms with Crippen LogP contribution in [0.3, 0.4) is 0 Å². The van der Waals surface area contributed by atoms with E-state index in [0.29, 0.717) is 24.6 Å². The maximum Gasteiger partial charge on any atom is 0.189 e. The summed E-state index contributed by atoms with van der Waals surface area (Å²) in [4.78, 5) is 7.06. The van der Waals surface area contributed by atoms with Crippen LogP contribution in [0.2, 0.25) is 0 Å². The van der Waals surface area contributed by atoms with Crippen LogP contribution in [0.4, 0.5) is 0 Å². The standard InChI is InChI=1S/C18H30N4/c1-14(2)21-18(19)20-12-16-9-4-5-10-17(16)13-22-11-7-6-8-15(22)3/h4-5,9-10,14-15H,6-8,11-13H2,1-3H3,(H3,19,20,21). The average molecular weight is 302 g/mol. The Morgan fingerprint density at radius 1 is 1.32 bits per heavy atom. The number of guanidine groups is 1. The minimum Gasteiger partial charge on any atom is -0.370 e. The van der Waals surface area contributed by atoms with Gasteiger partial charge in [0.2, 0.25) is 0 Å². The van der Waals surface area contributed by atoms with Crippen molar-refractivity contribution in [1.82, 2.24) is 10.2 Å². The fourth-order valence-corrected chi connectivity index (χ4v) is 2.99. The van der Waals surface area contributed by atoms with Crippen molar-refractivity contribution in [2.24, 2.45) is 10.7 Å². The molecule has 0 saturated carbocycles. The van der Waals surface area contributed by atoms with Gasteiger partial charge in [0.25, 0.3) is 0 Å². The quantitative estimate of drug-likeness (QED) is 0.649. The van der Waals surface area contributed by atoms with Crippen molar-refractivity contribution < 1.29 is 0 Å². The molecular formula is C18H30N4. The molecule has 4 heteroatoms. The molecule has 122 valence electrons. The number of piperidine rings is 1. The summed E-state index contributed by atoms with van der Waals surface area (Å²) in [7, 11) is 0. The SMILES string of the molecule is CC(C)NC(N)=NCc1ccccc1CN1CCCCC1C. The highest BCUT2D eigenvalue weighted by Crippen LogP contribution is 2.21. The monoisotopic (exact) mass is 302 g/mol. The molecule has 1 atom stereocenters. The lowest BCUT2D eigenvalue weighted by molar-refractivity contribution is 0.152. The first-order valence-corrected chi connectivity index (χ1v) is 8.43. The van der Waals surface area contributed by atoms with Gasteiger partial charge in [0.05, 0.1) is 6.54 Å². The molecule has 0 radical (unpaired) electrons. The second kappa shape index (κ2) is 8.18. The van der Waals surface area contributed by atoms with Gasteiger partial charge < -0.3 is 11.1 Å². The number of aliphatic imine (C=N–C) groups is 1. The van der Waals surface area contributed by atoms with Crippen molar-refractivity contribution in [3.05, 3.63) is 35.4 Å². The van der Waals surface area contributed by atoms with E-state index < -0.39 is 0 Å². The van der Waals surface area contributed by atoms with Gasteiger partial charge in [0, 0.05) is 18.6 Å². The average Bonchev–Trinajstić information content (AvgIpc) is 2.48. The third-order valence-electron chi connectivity index (χ3n) is 4.29. The molecule has 1 fully saturated rings. The maximum atomic E-state index is 5.91. The largest absolute Gasteiger partial charge is 0.370 e. The van der Waals surface area contributed by atoms with Crippen molar-refractivity contribution in [2.75, 3.05) is 6.54 Å². The summed E-state index contributed by atoms with van der Waals surface area (Å²) in [5, 5.41) is 3.14. The summed E-state index contributed by atoms with van der Waals surface area (Å²) in [6.07, 6.45) is 3.99. The Balaban J connectivity index is 2.03. The number of hydrogen-bond acceptors (Lipinski definition) is 2. The van der Waals surface area contributed by atoms with Crippen LogP contribution in [-0.4, -0.2) is 29.5 Å². The molecule has 1 saturated heterocycles. The second-order valence-corrected chi connectivity index (χ2v) is 6.58. The highest BCUT2D eigenvalue weighted by molar-refractivity contribution is 5.78. The molecule has 1 aromatic carbocycles. The molecule has 0 amide bonds. The Hall–Kier alpha value is -1.55. The Kier molecular flexibility index (Phi) is 6.25. The Morgan fingerprint density at radius 3 is 2.73 bits per heavy atom. The number of rotatable bonds is 5. The number of likely N-dealkylation sites (tertiary alicyclic amines) is 1. The molecule has 2 rings (SSSR count). The molecule has 1 unspecified atom stereocenters. The summed E-state index contributed by atoms with van der Waals surface area (Å²) >= 11 is 0. The Bertz CT molecular complexity index is 496. The third kappa shape index (κ3) is 5.02. The minimum absolute atomic E-state index is 0.313. The topological polar surface area (TPSA) is 53.6 Å². The molecule has 0 aromatic heterocycles. The zero-order chi connectivity index (χ0) is 15.9. The highest BCUT2D eigenvalue weighted by atomic mass is 15.2. The van der Waals surface area contributed by atoms with Crippen molar-refractivity contribution in [3.63, 3.8) is 0 Å². The van der Waals surface area contributed by atoms with Crippen molar-refractivity contribution in [2.45, 2.75) is 65.2 Å². The van der Waals surface area contributed by atoms with Crippen LogP contribution >= 0.6 is 0 Å². The van der Waals surface area contributed by atoms with Gasteiger partial charge in [-0.05, 0) is 51.3 Å². The number of benzene rings is 1. The summed E-state index contributed by atoms with van der Waals surface area (Å²) in [5.74, 6) is 0.524. The van der Waals surface area contributed by atoms with Crippen molar-refractivity contribution >= 4 is 5.96 Å². The van der Waals surface area contributed by atoms with E-state index >= 15 is 0 Å². The molecule has 1 aliphatic heterocycles. The lowest BCUT2D eigenvalue weighted by Gasteiger charge is -2.33. The van der Waals surface area contributed by atoms with Gasteiger partial charge in [0.1, 0.15) is 0 Å². The van der Waals surface area contributed by atoms with E-state index in [4.69, 9.17) is 5.73 Å². The predicted molar refractivity (Wildman–Crippen MR) is 93.8 cm³/mol. The summed E-state index contributed by atoms with van der Waals surface area (Å²) in [6, 6.07) is 9.58. The Morgan fingerprint density at radius 2 is 2.05 bits per heavy atom. The number of nitrogens with one attached hydrogen (secondary N) is 1. The minimum atomic E-state index is 0.313. The van der Waals surface area contributed by atoms with Crippen LogP contribution in [-0.2, 0) is 13.1 Å². The van der Waals surface area contributed by atoms with Crippen LogP contribution in [0.25, 0.3) is 0 Å². The molecular weight excluding hydrogens is 272 g/mol. The first-order chi connectivity index (χ1) is 10.6. The highest BCUT2D eigenvalue weighted by Gasteiger charge is 2.18. The van der Waals surface area contributed by atoms with Crippen LogP contribution in [0, 0.1) is 0 Å². The summed E-state index contributed by atoms with van der Waals surface area (Å²) in [6.45, 7) is 9.33. The van der Waals surface area contributed by atoms with E-state index in [1.54, 1.807) is 0 Å². The normalized spacial score (nSPS) is 20.4. The van der Waals surface area contributed by atoms with Crippen molar-refractivity contribution in [1.29, 1.82) is 0 Å². The fourth-order valence-electron chi connectivity index (χ4n) is 2.99. The lowest BCUT2D eigenvalue weighted by Crippen LogP contribution is -2.37. The molecule has 0 aliphatic carbocycles. The van der Waals surface area contributed by atoms with Crippen LogP contribution in [0.15, 0.2) is 29.3 Å². The molecule has 0 spiro atoms. The number of nitrogens with zero attached hydrogens (tertiary/aromatic N) is 2. The zero-order valence-electron chi connectivity index (χ0n) is 14.2. The van der Waals surface area contributed by atoms with E-state index in [9.17, 15) is 0 Å². The van der Waals surface area contributed by atoms with E-state index in [1.807, 2.05) is 0 Å². The molecule has 1 aliphatic rings. The van der Waals surface area contributed by atoms with Gasteiger partial charge in [-0.3, -0.25) is 4.90 Å². The number of nitrogens with two attached hydrogens (primary N) is 1. The van der Waals surface area contributed by atoms with Crippen LogP contribution in [0.1, 0.15) is 51.2 Å². The smallest absolute Gasteiger partial charge is 0.189 e. The van der Waals surface area contributed by atoms with Gasteiger partial charge in [-0.15, -0.1) is 0 Å². The van der Waals surface area contributed by atoms with E-state index in [1.165, 1.54) is 36.9 Å². The van der Waals surface area contributed by atoms with Gasteiger partial charge in [-0.1, -0.05) is 30.7 Å². The van der Waals surface area contributed by atoms with E-state index in [0.717, 1.165) is 6.54 Å². The van der Waals surface area contributed by atoms with Gasteiger partial charge in [0.15, 0.2) is 5.96 Å². The molecule has 4 nitrogen and oxygen atoms in total. The van der Waals surface area contributed by atoms with Crippen molar-refractivity contribution in [3.8, 4) is 0 Å². The fraction of sp³-hybridized carbons (Fsp3) is 0.611. The van der Waals surface area contributed by atoms with E-state index in [-0.39, 0.29) is 0 Å². The van der Waals surface area contributed by atoms with Crippen LogP contribution < -0.4 is 11.1 Å². The molecule has 1 heterocycles. The first kappa shape index (κ1) is 16.8. The predicted octanol–water partition coefficient (Wildman–Crippen LogP) is 2.87. The summed E-state index contributed by atoms with van der Waals surface area (Å²) in [5.41, 5.74) is 8.55. The maximum absolute atomic E-state index is 5.91. The first-order valence-electron chi connectivity index (χ1n) is 8.43. The second-order valence-electron chi connectivity index (χ2n) is 6.58. The summed E-state index contributed by atoms with van der Waals surface area (Å²) < 4.78 is 0. The van der Waals surface area contributed by atoms with Crippen LogP contribution in [0.5, 0.6) is 0 Å².